The van der Waals surface area contributed by atoms with Gasteiger partial charge in [-0.25, -0.2) is 4.79 Å². The van der Waals surface area contributed by atoms with E-state index in [1.165, 1.54) is 0 Å². The van der Waals surface area contributed by atoms with Crippen LogP contribution in [-0.2, 0) is 4.74 Å². The van der Waals surface area contributed by atoms with E-state index in [-0.39, 0.29) is 43.2 Å². The van der Waals surface area contributed by atoms with Gasteiger partial charge in [0.1, 0.15) is 0 Å². The number of aromatic nitrogens is 2. The third-order valence-corrected chi connectivity index (χ3v) is 4.18. The molecule has 1 amide bonds. The first-order chi connectivity index (χ1) is 11.5. The maximum absolute atomic E-state index is 10.7. The molecule has 3 rings (SSSR count). The van der Waals surface area contributed by atoms with Gasteiger partial charge in [-0.1, -0.05) is 6.92 Å². The summed E-state index contributed by atoms with van der Waals surface area (Å²) in [6.45, 7) is 2.42. The molecule has 0 saturated carbocycles. The zero-order valence-electron chi connectivity index (χ0n) is 14.9. The molecule has 0 aliphatic carbocycles. The molecule has 3 heterocycles. The van der Waals surface area contributed by atoms with Crippen LogP contribution in [-0.4, -0.2) is 27.7 Å². The van der Waals surface area contributed by atoms with Crippen LogP contribution >= 0.6 is 31.9 Å². The summed E-state index contributed by atoms with van der Waals surface area (Å²) in [4.78, 5) is 18.9. The molecule has 0 bridgehead atoms. The van der Waals surface area contributed by atoms with Crippen LogP contribution < -0.4 is 34.9 Å². The molecule has 2 aromatic heterocycles. The molecule has 25 heavy (non-hydrogen) atoms. The number of alkyl carbamates (subject to hydrolysis) is 1. The number of hydrogen-bond donors (Lipinski definition) is 2. The average Bonchev–Trinajstić information content (AvgIpc) is 3.02. The fourth-order valence-electron chi connectivity index (χ4n) is 1.92. The molecule has 1 saturated heterocycles. The molecular weight excluding hydrogens is 465 g/mol. The van der Waals surface area contributed by atoms with Crippen LogP contribution in [0.15, 0.2) is 45.6 Å². The van der Waals surface area contributed by atoms with Crippen LogP contribution in [0.5, 0.6) is 0 Å². The van der Waals surface area contributed by atoms with E-state index in [9.17, 15) is 9.90 Å². The molecule has 2 atom stereocenters. The van der Waals surface area contributed by atoms with Crippen LogP contribution in [0, 0.1) is 0 Å². The number of aliphatic hydroxyl groups excluding tert-OH is 1. The zero-order chi connectivity index (χ0) is 17.5. The standard InChI is InChI=1S/C8H7BrN2O2.C8H10BrNO.Na.H/c9-5-1-2-6(10-3-5)7-4-11-8(12)13-7;1-2-8(11)7-4-3-6(9)5-10-7;;/h1-3,7H,4H2,(H,11,12);3-5,8,11H,2H2,1H3;;/q;;+1;-1. The second-order valence-electron chi connectivity index (χ2n) is 5.00. The quantitative estimate of drug-likeness (QED) is 0.638. The number of rotatable bonds is 3. The van der Waals surface area contributed by atoms with Crippen LogP contribution in [0.3, 0.4) is 0 Å². The first kappa shape index (κ1) is 22.5. The summed E-state index contributed by atoms with van der Waals surface area (Å²) in [5, 5.41) is 11.9. The van der Waals surface area contributed by atoms with E-state index in [0.717, 1.165) is 20.3 Å². The van der Waals surface area contributed by atoms with Gasteiger partial charge in [-0.05, 0) is 62.5 Å². The van der Waals surface area contributed by atoms with Crippen LogP contribution in [0.25, 0.3) is 0 Å². The van der Waals surface area contributed by atoms with Crippen molar-refractivity contribution in [2.75, 3.05) is 6.54 Å². The maximum Gasteiger partial charge on any atom is 1.00 e. The molecule has 0 spiro atoms. The van der Waals surface area contributed by atoms with Crippen LogP contribution in [0.4, 0.5) is 4.79 Å². The number of halogens is 2. The largest absolute Gasteiger partial charge is 1.00 e. The second kappa shape index (κ2) is 11.3. The third-order valence-electron chi connectivity index (χ3n) is 3.24. The summed E-state index contributed by atoms with van der Waals surface area (Å²) >= 11 is 6.55. The predicted octanol–water partition coefficient (Wildman–Crippen LogP) is 1.03. The van der Waals surface area contributed by atoms with Crippen molar-refractivity contribution in [3.8, 4) is 0 Å². The molecule has 130 valence electrons. The molecule has 2 aromatic rings. The zero-order valence-corrected chi connectivity index (χ0v) is 19.1. The normalized spacial score (nSPS) is 16.6. The van der Waals surface area contributed by atoms with Gasteiger partial charge in [-0.15, -0.1) is 0 Å². The van der Waals surface area contributed by atoms with Crippen molar-refractivity contribution < 1.29 is 45.6 Å². The van der Waals surface area contributed by atoms with E-state index in [2.05, 4.69) is 47.1 Å². The van der Waals surface area contributed by atoms with Crippen molar-refractivity contribution in [2.24, 2.45) is 0 Å². The summed E-state index contributed by atoms with van der Waals surface area (Å²) < 4.78 is 6.80. The number of pyridine rings is 2. The van der Waals surface area contributed by atoms with Gasteiger partial charge >= 0.3 is 35.7 Å². The summed E-state index contributed by atoms with van der Waals surface area (Å²) in [6.07, 6.45) is 3.02. The molecule has 1 fully saturated rings. The Labute approximate surface area is 186 Å². The minimum Gasteiger partial charge on any atom is -1.00 e. The molecular formula is C16H18Br2N3NaO3. The molecule has 9 heteroatoms. The van der Waals surface area contributed by atoms with Crippen molar-refractivity contribution in [2.45, 2.75) is 25.6 Å². The maximum atomic E-state index is 10.7. The van der Waals surface area contributed by atoms with Crippen molar-refractivity contribution in [1.29, 1.82) is 0 Å². The summed E-state index contributed by atoms with van der Waals surface area (Å²) in [5.41, 5.74) is 1.50. The van der Waals surface area contributed by atoms with Gasteiger partial charge in [0.15, 0.2) is 6.10 Å². The molecule has 1 aliphatic rings. The number of aliphatic hydroxyl groups is 1. The van der Waals surface area contributed by atoms with Gasteiger partial charge in [0, 0.05) is 21.3 Å². The number of ether oxygens (including phenoxy) is 1. The Kier molecular flexibility index (Phi) is 10.1. The van der Waals surface area contributed by atoms with Crippen molar-refractivity contribution >= 4 is 38.0 Å². The minimum absolute atomic E-state index is 0. The number of carbonyl (C=O) groups is 1. The van der Waals surface area contributed by atoms with Gasteiger partial charge < -0.3 is 16.6 Å². The molecule has 0 radical (unpaired) electrons. The van der Waals surface area contributed by atoms with E-state index in [4.69, 9.17) is 4.74 Å². The van der Waals surface area contributed by atoms with Gasteiger partial charge in [-0.3, -0.25) is 9.97 Å². The monoisotopic (exact) mass is 481 g/mol. The number of cyclic esters (lactones) is 1. The molecule has 0 aromatic carbocycles. The van der Waals surface area contributed by atoms with Gasteiger partial charge in [-0.2, -0.15) is 0 Å². The summed E-state index contributed by atoms with van der Waals surface area (Å²) in [6, 6.07) is 7.39. The van der Waals surface area contributed by atoms with Gasteiger partial charge in [0.05, 0.1) is 24.0 Å². The Hall–Kier alpha value is -0.510. The Morgan fingerprint density at radius 2 is 1.92 bits per heavy atom. The Morgan fingerprint density at radius 1 is 1.28 bits per heavy atom. The first-order valence-electron chi connectivity index (χ1n) is 7.35. The minimum atomic E-state index is -0.428. The number of carbonyl (C=O) groups excluding carboxylic acids is 1. The van der Waals surface area contributed by atoms with Crippen LogP contribution in [0.1, 0.15) is 38.4 Å². The van der Waals surface area contributed by atoms with Crippen LogP contribution in [0.2, 0.25) is 0 Å². The predicted molar refractivity (Wildman–Crippen MR) is 97.5 cm³/mol. The van der Waals surface area contributed by atoms with E-state index in [1.54, 1.807) is 12.4 Å². The van der Waals surface area contributed by atoms with Gasteiger partial charge in [0.25, 0.3) is 0 Å². The van der Waals surface area contributed by atoms with Crippen molar-refractivity contribution in [1.82, 2.24) is 15.3 Å². The molecule has 2 unspecified atom stereocenters. The molecule has 6 nitrogen and oxygen atoms in total. The smallest absolute Gasteiger partial charge is 1.00 e. The van der Waals surface area contributed by atoms with E-state index < -0.39 is 6.10 Å². The average molecular weight is 483 g/mol. The van der Waals surface area contributed by atoms with E-state index >= 15 is 0 Å². The number of hydrogen-bond acceptors (Lipinski definition) is 5. The Bertz CT molecular complexity index is 677. The fraction of sp³-hybridized carbons (Fsp3) is 0.312. The Balaban J connectivity index is 0.000000453. The third kappa shape index (κ3) is 7.32. The Morgan fingerprint density at radius 3 is 2.36 bits per heavy atom. The fourth-order valence-corrected chi connectivity index (χ4v) is 2.39. The number of nitrogens with zero attached hydrogens (tertiary/aromatic N) is 2. The summed E-state index contributed by atoms with van der Waals surface area (Å²) in [7, 11) is 0. The van der Waals surface area contributed by atoms with Gasteiger partial charge in [0.2, 0.25) is 0 Å². The number of nitrogens with one attached hydrogen (secondary N) is 1. The number of amides is 1. The summed E-state index contributed by atoms with van der Waals surface area (Å²) in [5.74, 6) is 0. The molecule has 2 N–H and O–H groups in total. The second-order valence-corrected chi connectivity index (χ2v) is 6.83. The topological polar surface area (TPSA) is 84.3 Å². The van der Waals surface area contributed by atoms with Crippen molar-refractivity contribution in [3.63, 3.8) is 0 Å². The molecule has 1 aliphatic heterocycles. The van der Waals surface area contributed by atoms with E-state index in [0.29, 0.717) is 13.0 Å². The first-order valence-corrected chi connectivity index (χ1v) is 8.93. The van der Waals surface area contributed by atoms with E-state index in [1.807, 2.05) is 31.2 Å². The SMILES string of the molecule is CCC(O)c1ccc(Br)cn1.O=C1NCC(c2ccc(Br)cn2)O1.[H-].[Na+]. The van der Waals surface area contributed by atoms with Crippen molar-refractivity contribution in [3.05, 3.63) is 57.0 Å².